The Labute approximate surface area is 137 Å². The van der Waals surface area contributed by atoms with Crippen LogP contribution in [0, 0.1) is 18.8 Å². The van der Waals surface area contributed by atoms with Gasteiger partial charge >= 0.3 is 5.97 Å². The molecule has 1 aliphatic heterocycles. The van der Waals surface area contributed by atoms with Crippen LogP contribution in [0.5, 0.6) is 0 Å². The number of esters is 1. The van der Waals surface area contributed by atoms with Gasteiger partial charge in [0.2, 0.25) is 5.91 Å². The van der Waals surface area contributed by atoms with Gasteiger partial charge in [-0.3, -0.25) is 9.59 Å². The van der Waals surface area contributed by atoms with Crippen LogP contribution < -0.4 is 4.90 Å². The quantitative estimate of drug-likeness (QED) is 0.633. The molecule has 0 radical (unpaired) electrons. The van der Waals surface area contributed by atoms with Crippen molar-refractivity contribution in [3.05, 3.63) is 42.0 Å². The van der Waals surface area contributed by atoms with Gasteiger partial charge in [-0.15, -0.1) is 0 Å². The highest BCUT2D eigenvalue weighted by atomic mass is 16.5. The second kappa shape index (κ2) is 6.99. The highest BCUT2D eigenvalue weighted by Crippen LogP contribution is 2.27. The van der Waals surface area contributed by atoms with E-state index in [0.717, 1.165) is 30.5 Å². The topological polar surface area (TPSA) is 46.6 Å². The highest BCUT2D eigenvalue weighted by Gasteiger charge is 2.36. The second-order valence-electron chi connectivity index (χ2n) is 6.52. The van der Waals surface area contributed by atoms with E-state index in [4.69, 9.17) is 4.74 Å². The van der Waals surface area contributed by atoms with Crippen LogP contribution in [0.3, 0.4) is 0 Å². The molecule has 3 rings (SSSR count). The predicted molar refractivity (Wildman–Crippen MR) is 89.1 cm³/mol. The standard InChI is InChI=1S/C19H23NO3/c1-14-7-9-17(10-8-14)20-12-16(11-18(20)21)19(22)23-13-15-5-3-2-4-6-15/h2-3,7-10,15-16H,4-6,11-13H2,1H3. The number of ether oxygens (including phenoxy) is 1. The summed E-state index contributed by atoms with van der Waals surface area (Å²) in [5.41, 5.74) is 2.01. The molecule has 1 aromatic rings. The van der Waals surface area contributed by atoms with Crippen molar-refractivity contribution in [3.8, 4) is 0 Å². The largest absolute Gasteiger partial charge is 0.465 e. The van der Waals surface area contributed by atoms with Gasteiger partial charge < -0.3 is 9.64 Å². The van der Waals surface area contributed by atoms with Gasteiger partial charge in [0.1, 0.15) is 0 Å². The molecule has 1 aliphatic carbocycles. The van der Waals surface area contributed by atoms with E-state index < -0.39 is 0 Å². The summed E-state index contributed by atoms with van der Waals surface area (Å²) in [5, 5.41) is 0. The van der Waals surface area contributed by atoms with Crippen LogP contribution in [0.15, 0.2) is 36.4 Å². The van der Waals surface area contributed by atoms with Gasteiger partial charge in [-0.05, 0) is 44.2 Å². The van der Waals surface area contributed by atoms with Crippen molar-refractivity contribution < 1.29 is 14.3 Å². The van der Waals surface area contributed by atoms with E-state index in [1.165, 1.54) is 0 Å². The molecular formula is C19H23NO3. The number of amides is 1. The number of carbonyl (C=O) groups excluding carboxylic acids is 2. The number of nitrogens with zero attached hydrogens (tertiary/aromatic N) is 1. The minimum Gasteiger partial charge on any atom is -0.465 e. The molecule has 1 amide bonds. The summed E-state index contributed by atoms with van der Waals surface area (Å²) in [5.74, 6) is -0.156. The number of anilines is 1. The molecule has 2 atom stereocenters. The number of hydrogen-bond donors (Lipinski definition) is 0. The fourth-order valence-corrected chi connectivity index (χ4v) is 3.17. The Bertz CT molecular complexity index is 606. The molecular weight excluding hydrogens is 290 g/mol. The SMILES string of the molecule is Cc1ccc(N2CC(C(=O)OCC3CC=CCC3)CC2=O)cc1. The summed E-state index contributed by atoms with van der Waals surface area (Å²) in [7, 11) is 0. The summed E-state index contributed by atoms with van der Waals surface area (Å²) in [6.07, 6.45) is 7.69. The summed E-state index contributed by atoms with van der Waals surface area (Å²) >= 11 is 0. The first-order chi connectivity index (χ1) is 11.1. The fourth-order valence-electron chi connectivity index (χ4n) is 3.17. The molecule has 1 heterocycles. The molecule has 0 bridgehead atoms. The molecule has 0 aromatic heterocycles. The van der Waals surface area contributed by atoms with Crippen LogP contribution in [0.4, 0.5) is 5.69 Å². The second-order valence-corrected chi connectivity index (χ2v) is 6.52. The van der Waals surface area contributed by atoms with Crippen LogP contribution in [0.2, 0.25) is 0 Å². The molecule has 122 valence electrons. The lowest BCUT2D eigenvalue weighted by Crippen LogP contribution is -2.27. The number of allylic oxidation sites excluding steroid dienone is 2. The van der Waals surface area contributed by atoms with Crippen molar-refractivity contribution in [2.45, 2.75) is 32.6 Å². The Kier molecular flexibility index (Phi) is 4.79. The first kappa shape index (κ1) is 15.8. The van der Waals surface area contributed by atoms with Crippen molar-refractivity contribution in [1.29, 1.82) is 0 Å². The zero-order valence-corrected chi connectivity index (χ0v) is 13.5. The van der Waals surface area contributed by atoms with Gasteiger partial charge in [-0.2, -0.15) is 0 Å². The lowest BCUT2D eigenvalue weighted by molar-refractivity contribution is -0.149. The third-order valence-electron chi connectivity index (χ3n) is 4.64. The van der Waals surface area contributed by atoms with E-state index in [1.807, 2.05) is 31.2 Å². The number of aryl methyl sites for hydroxylation is 1. The monoisotopic (exact) mass is 313 g/mol. The number of benzene rings is 1. The van der Waals surface area contributed by atoms with Crippen LogP contribution >= 0.6 is 0 Å². The van der Waals surface area contributed by atoms with Crippen molar-refractivity contribution in [3.63, 3.8) is 0 Å². The van der Waals surface area contributed by atoms with Crippen LogP contribution in [-0.4, -0.2) is 25.0 Å². The third-order valence-corrected chi connectivity index (χ3v) is 4.64. The molecule has 0 N–H and O–H groups in total. The Morgan fingerprint density at radius 2 is 2.04 bits per heavy atom. The number of rotatable bonds is 4. The van der Waals surface area contributed by atoms with Gasteiger partial charge in [0, 0.05) is 18.7 Å². The van der Waals surface area contributed by atoms with Crippen LogP contribution in [0.25, 0.3) is 0 Å². The van der Waals surface area contributed by atoms with E-state index in [2.05, 4.69) is 12.2 Å². The zero-order chi connectivity index (χ0) is 16.2. The normalized spacial score (nSPS) is 24.0. The summed E-state index contributed by atoms with van der Waals surface area (Å²) in [6, 6.07) is 7.81. The van der Waals surface area contributed by atoms with Crippen molar-refractivity contribution >= 4 is 17.6 Å². The summed E-state index contributed by atoms with van der Waals surface area (Å²) in [4.78, 5) is 26.1. The molecule has 0 saturated carbocycles. The number of hydrogen-bond acceptors (Lipinski definition) is 3. The van der Waals surface area contributed by atoms with Crippen LogP contribution in [-0.2, 0) is 14.3 Å². The molecule has 1 aromatic carbocycles. The average Bonchev–Trinajstić information content (AvgIpc) is 2.96. The first-order valence-electron chi connectivity index (χ1n) is 8.32. The predicted octanol–water partition coefficient (Wildman–Crippen LogP) is 3.25. The first-order valence-corrected chi connectivity index (χ1v) is 8.32. The fraction of sp³-hybridized carbons (Fsp3) is 0.474. The smallest absolute Gasteiger partial charge is 0.311 e. The lowest BCUT2D eigenvalue weighted by Gasteiger charge is -2.19. The van der Waals surface area contributed by atoms with Crippen LogP contribution in [0.1, 0.15) is 31.2 Å². The molecule has 4 heteroatoms. The summed E-state index contributed by atoms with van der Waals surface area (Å²) in [6.45, 7) is 2.90. The molecule has 23 heavy (non-hydrogen) atoms. The molecule has 2 unspecified atom stereocenters. The minimum absolute atomic E-state index is 0.00333. The Morgan fingerprint density at radius 3 is 2.74 bits per heavy atom. The van der Waals surface area contributed by atoms with Gasteiger partial charge in [0.15, 0.2) is 0 Å². The maximum Gasteiger partial charge on any atom is 0.311 e. The Morgan fingerprint density at radius 1 is 1.26 bits per heavy atom. The average molecular weight is 313 g/mol. The maximum absolute atomic E-state index is 12.2. The van der Waals surface area contributed by atoms with E-state index in [1.54, 1.807) is 4.90 Å². The molecule has 4 nitrogen and oxygen atoms in total. The molecule has 2 aliphatic rings. The highest BCUT2D eigenvalue weighted by molar-refractivity contribution is 5.99. The zero-order valence-electron chi connectivity index (χ0n) is 13.5. The van der Waals surface area contributed by atoms with Crippen molar-refractivity contribution in [2.24, 2.45) is 11.8 Å². The van der Waals surface area contributed by atoms with E-state index in [-0.39, 0.29) is 24.2 Å². The maximum atomic E-state index is 12.2. The van der Waals surface area contributed by atoms with Gasteiger partial charge in [0.05, 0.1) is 12.5 Å². The number of carbonyl (C=O) groups is 2. The third kappa shape index (κ3) is 3.81. The Balaban J connectivity index is 1.55. The summed E-state index contributed by atoms with van der Waals surface area (Å²) < 4.78 is 5.47. The molecule has 0 spiro atoms. The van der Waals surface area contributed by atoms with E-state index in [9.17, 15) is 9.59 Å². The van der Waals surface area contributed by atoms with Gasteiger partial charge in [-0.25, -0.2) is 0 Å². The van der Waals surface area contributed by atoms with E-state index >= 15 is 0 Å². The van der Waals surface area contributed by atoms with Gasteiger partial charge in [0.25, 0.3) is 0 Å². The minimum atomic E-state index is -0.345. The van der Waals surface area contributed by atoms with Crippen molar-refractivity contribution in [2.75, 3.05) is 18.1 Å². The van der Waals surface area contributed by atoms with Gasteiger partial charge in [-0.1, -0.05) is 29.8 Å². The molecule has 1 saturated heterocycles. The van der Waals surface area contributed by atoms with E-state index in [0.29, 0.717) is 19.1 Å². The van der Waals surface area contributed by atoms with Crippen molar-refractivity contribution in [1.82, 2.24) is 0 Å². The molecule has 1 fully saturated rings. The Hall–Kier alpha value is -2.10. The lowest BCUT2D eigenvalue weighted by atomic mass is 9.95.